The molecule has 11 heteroatoms. The molecule has 3 aromatic rings. The smallest absolute Gasteiger partial charge is 0.200 e. The van der Waals surface area contributed by atoms with Crippen LogP contribution >= 0.6 is 0 Å². The van der Waals surface area contributed by atoms with Gasteiger partial charge in [0.05, 0.1) is 17.0 Å². The van der Waals surface area contributed by atoms with E-state index in [1.807, 2.05) is 19.9 Å². The minimum absolute atomic E-state index is 0.142. The Morgan fingerprint density at radius 2 is 1.48 bits per heavy atom. The Labute approximate surface area is 162 Å². The fourth-order valence-electron chi connectivity index (χ4n) is 2.70. The Kier molecular flexibility index (Phi) is 5.31. The number of aryl methyl sites for hydroxylation is 3. The monoisotopic (exact) mass is 410 g/mol. The van der Waals surface area contributed by atoms with Gasteiger partial charge in [0.15, 0.2) is 34.9 Å². The summed E-state index contributed by atoms with van der Waals surface area (Å²) < 4.78 is 69.4. The number of aromatic nitrogens is 4. The Morgan fingerprint density at radius 3 is 2.03 bits per heavy atom. The number of nitrogens with one attached hydrogen (secondary N) is 1. The number of hydrogen-bond donors (Lipinski definition) is 1. The van der Waals surface area contributed by atoms with Gasteiger partial charge in [-0.15, -0.1) is 0 Å². The van der Waals surface area contributed by atoms with Crippen LogP contribution in [0.25, 0.3) is 5.82 Å². The summed E-state index contributed by atoms with van der Waals surface area (Å²) in [6, 6.07) is 3.32. The fourth-order valence-corrected chi connectivity index (χ4v) is 2.70. The van der Waals surface area contributed by atoms with Crippen LogP contribution in [-0.4, -0.2) is 25.5 Å². The molecule has 0 amide bonds. The Balaban J connectivity index is 1.98. The van der Waals surface area contributed by atoms with Crippen LogP contribution in [0.2, 0.25) is 0 Å². The van der Waals surface area contributed by atoms with Crippen LogP contribution in [0.1, 0.15) is 29.7 Å². The van der Waals surface area contributed by atoms with E-state index in [-0.39, 0.29) is 5.82 Å². The van der Waals surface area contributed by atoms with E-state index in [2.05, 4.69) is 25.6 Å². The van der Waals surface area contributed by atoms with Crippen LogP contribution in [0, 0.1) is 49.9 Å². The highest BCUT2D eigenvalue weighted by Crippen LogP contribution is 2.24. The summed E-state index contributed by atoms with van der Waals surface area (Å²) in [5.74, 6) is -9.35. The van der Waals surface area contributed by atoms with E-state index in [0.29, 0.717) is 11.6 Å². The molecule has 0 unspecified atom stereocenters. The van der Waals surface area contributed by atoms with Crippen LogP contribution in [0.15, 0.2) is 17.2 Å². The number of anilines is 1. The van der Waals surface area contributed by atoms with E-state index in [1.165, 1.54) is 6.07 Å². The molecule has 1 N–H and O–H groups in total. The number of hydrazone groups is 1. The van der Waals surface area contributed by atoms with Gasteiger partial charge in [0.25, 0.3) is 0 Å². The van der Waals surface area contributed by atoms with Crippen molar-refractivity contribution in [3.8, 4) is 5.82 Å². The first-order valence-electron chi connectivity index (χ1n) is 8.31. The van der Waals surface area contributed by atoms with Crippen LogP contribution < -0.4 is 5.43 Å². The molecule has 0 aliphatic rings. The summed E-state index contributed by atoms with van der Waals surface area (Å²) in [6.45, 7) is 6.35. The standard InChI is InChI=1S/C18H15F5N6/c1-7-5-8(2)29(28-7)12-6-11(24-10(4)25-12)27-26-9(3)13-14(19)16(21)18(23)17(22)15(13)20/h5-6H,1-4H3,(H,24,25,27)/b26-9+. The molecule has 0 aliphatic carbocycles. The molecular formula is C18H15F5N6. The van der Waals surface area contributed by atoms with Crippen molar-refractivity contribution in [1.29, 1.82) is 0 Å². The highest BCUT2D eigenvalue weighted by Gasteiger charge is 2.27. The first-order chi connectivity index (χ1) is 13.6. The predicted molar refractivity (Wildman–Crippen MR) is 95.4 cm³/mol. The van der Waals surface area contributed by atoms with E-state index >= 15 is 0 Å². The highest BCUT2D eigenvalue weighted by atomic mass is 19.2. The maximum atomic E-state index is 13.9. The van der Waals surface area contributed by atoms with Crippen molar-refractivity contribution in [3.63, 3.8) is 0 Å². The average molecular weight is 410 g/mol. The largest absolute Gasteiger partial charge is 0.261 e. The van der Waals surface area contributed by atoms with Crippen LogP contribution in [0.5, 0.6) is 0 Å². The van der Waals surface area contributed by atoms with Gasteiger partial charge in [-0.3, -0.25) is 5.43 Å². The van der Waals surface area contributed by atoms with Crippen molar-refractivity contribution in [1.82, 2.24) is 19.7 Å². The minimum atomic E-state index is -2.23. The second-order valence-electron chi connectivity index (χ2n) is 6.25. The summed E-state index contributed by atoms with van der Waals surface area (Å²) in [4.78, 5) is 8.35. The summed E-state index contributed by atoms with van der Waals surface area (Å²) in [6.07, 6.45) is 0. The van der Waals surface area contributed by atoms with Gasteiger partial charge in [-0.2, -0.15) is 10.2 Å². The maximum Gasteiger partial charge on any atom is 0.200 e. The topological polar surface area (TPSA) is 68.0 Å². The molecule has 0 saturated carbocycles. The summed E-state index contributed by atoms with van der Waals surface area (Å²) in [5, 5.41) is 8.01. The Bertz CT molecular complexity index is 1110. The molecule has 0 atom stereocenters. The van der Waals surface area contributed by atoms with Gasteiger partial charge in [-0.25, -0.2) is 36.6 Å². The number of halogens is 5. The predicted octanol–water partition coefficient (Wildman–Crippen LogP) is 4.12. The Hall–Kier alpha value is -3.37. The molecule has 1 aromatic carbocycles. The average Bonchev–Trinajstić information content (AvgIpc) is 3.01. The molecule has 2 heterocycles. The number of benzene rings is 1. The van der Waals surface area contributed by atoms with Gasteiger partial charge in [-0.1, -0.05) is 0 Å². The van der Waals surface area contributed by atoms with Crippen molar-refractivity contribution in [2.45, 2.75) is 27.7 Å². The van der Waals surface area contributed by atoms with Crippen molar-refractivity contribution in [2.24, 2.45) is 5.10 Å². The lowest BCUT2D eigenvalue weighted by Gasteiger charge is -2.10. The molecule has 0 bridgehead atoms. The third-order valence-electron chi connectivity index (χ3n) is 3.96. The first-order valence-corrected chi connectivity index (χ1v) is 8.31. The molecule has 2 aromatic heterocycles. The van der Waals surface area contributed by atoms with Gasteiger partial charge in [0.1, 0.15) is 5.82 Å². The van der Waals surface area contributed by atoms with E-state index < -0.39 is 40.4 Å². The zero-order chi connectivity index (χ0) is 21.5. The van der Waals surface area contributed by atoms with E-state index in [9.17, 15) is 22.0 Å². The molecular weight excluding hydrogens is 395 g/mol. The second-order valence-corrected chi connectivity index (χ2v) is 6.25. The molecule has 3 rings (SSSR count). The summed E-state index contributed by atoms with van der Waals surface area (Å²) in [7, 11) is 0. The van der Waals surface area contributed by atoms with Gasteiger partial charge < -0.3 is 0 Å². The Morgan fingerprint density at radius 1 is 0.897 bits per heavy atom. The molecule has 6 nitrogen and oxygen atoms in total. The number of hydrogen-bond acceptors (Lipinski definition) is 5. The number of nitrogens with zero attached hydrogens (tertiary/aromatic N) is 5. The van der Waals surface area contributed by atoms with E-state index in [4.69, 9.17) is 0 Å². The van der Waals surface area contributed by atoms with Crippen molar-refractivity contribution in [3.05, 3.63) is 64.0 Å². The zero-order valence-electron chi connectivity index (χ0n) is 15.8. The van der Waals surface area contributed by atoms with Gasteiger partial charge >= 0.3 is 0 Å². The van der Waals surface area contributed by atoms with E-state index in [0.717, 1.165) is 18.3 Å². The van der Waals surface area contributed by atoms with Crippen LogP contribution in [0.3, 0.4) is 0 Å². The third-order valence-corrected chi connectivity index (χ3v) is 3.96. The SMILES string of the molecule is C/C(=N\Nc1cc(-n2nc(C)cc2C)nc(C)n1)c1c(F)c(F)c(F)c(F)c1F. The first kappa shape index (κ1) is 20.4. The fraction of sp³-hybridized carbons (Fsp3) is 0.222. The normalized spacial score (nSPS) is 11.8. The minimum Gasteiger partial charge on any atom is -0.261 e. The zero-order valence-corrected chi connectivity index (χ0v) is 15.8. The lowest BCUT2D eigenvalue weighted by atomic mass is 10.1. The molecule has 0 saturated heterocycles. The quantitative estimate of drug-likeness (QED) is 0.231. The highest BCUT2D eigenvalue weighted by molar-refractivity contribution is 5.99. The van der Waals surface area contributed by atoms with Gasteiger partial charge in [-0.05, 0) is 33.8 Å². The molecule has 152 valence electrons. The maximum absolute atomic E-state index is 13.9. The second kappa shape index (κ2) is 7.57. The van der Waals surface area contributed by atoms with Crippen molar-refractivity contribution in [2.75, 3.05) is 5.43 Å². The van der Waals surface area contributed by atoms with Gasteiger partial charge in [0.2, 0.25) is 5.82 Å². The van der Waals surface area contributed by atoms with Crippen molar-refractivity contribution < 1.29 is 22.0 Å². The molecule has 0 fully saturated rings. The van der Waals surface area contributed by atoms with Crippen LogP contribution in [-0.2, 0) is 0 Å². The molecule has 0 radical (unpaired) electrons. The number of rotatable bonds is 4. The molecule has 0 spiro atoms. The third kappa shape index (κ3) is 3.80. The molecule has 29 heavy (non-hydrogen) atoms. The van der Waals surface area contributed by atoms with Gasteiger partial charge in [0, 0.05) is 11.8 Å². The summed E-state index contributed by atoms with van der Waals surface area (Å²) in [5.41, 5.74) is 2.45. The molecule has 0 aliphatic heterocycles. The van der Waals surface area contributed by atoms with E-state index in [1.54, 1.807) is 11.6 Å². The lowest BCUT2D eigenvalue weighted by Crippen LogP contribution is -2.13. The summed E-state index contributed by atoms with van der Waals surface area (Å²) >= 11 is 0. The lowest BCUT2D eigenvalue weighted by molar-refractivity contribution is 0.377. The van der Waals surface area contributed by atoms with Crippen molar-refractivity contribution >= 4 is 11.5 Å². The van der Waals surface area contributed by atoms with Crippen LogP contribution in [0.4, 0.5) is 27.8 Å².